The molecule has 0 spiro atoms. The molecule has 1 aliphatic rings. The highest BCUT2D eigenvalue weighted by Gasteiger charge is 2.42. The minimum absolute atomic E-state index is 0.0219. The highest BCUT2D eigenvalue weighted by atomic mass is 32.2. The molecule has 0 atom stereocenters. The SMILES string of the molecule is CC(=O)NCCc1c(/C=C/C2(C(C)(C)C)SCCCS2)[nH]c2ccccc12. The molecule has 1 aromatic carbocycles. The molecule has 0 saturated carbocycles. The van der Waals surface area contributed by atoms with E-state index in [1.807, 2.05) is 0 Å². The first-order valence-corrected chi connectivity index (χ1v) is 11.6. The summed E-state index contributed by atoms with van der Waals surface area (Å²) in [4.78, 5) is 14.9. The Labute approximate surface area is 171 Å². The lowest BCUT2D eigenvalue weighted by Crippen LogP contribution is -2.37. The molecule has 2 aromatic rings. The molecule has 3 nitrogen and oxygen atoms in total. The quantitative estimate of drug-likeness (QED) is 0.697. The number of nitrogens with one attached hydrogen (secondary N) is 2. The Morgan fingerprint density at radius 3 is 2.63 bits per heavy atom. The highest BCUT2D eigenvalue weighted by molar-refractivity contribution is 8.19. The smallest absolute Gasteiger partial charge is 0.216 e. The van der Waals surface area contributed by atoms with Crippen LogP contribution in [-0.2, 0) is 11.2 Å². The Kier molecular flexibility index (Phi) is 6.32. The van der Waals surface area contributed by atoms with Gasteiger partial charge in [0.15, 0.2) is 0 Å². The third kappa shape index (κ3) is 4.57. The molecule has 1 aromatic heterocycles. The van der Waals surface area contributed by atoms with Crippen molar-refractivity contribution in [1.29, 1.82) is 0 Å². The molecular weight excluding hydrogens is 372 g/mol. The molecule has 146 valence electrons. The minimum Gasteiger partial charge on any atom is -0.356 e. The number of amides is 1. The van der Waals surface area contributed by atoms with Crippen LogP contribution in [0.25, 0.3) is 17.0 Å². The summed E-state index contributed by atoms with van der Waals surface area (Å²) in [6, 6.07) is 8.43. The lowest BCUT2D eigenvalue weighted by molar-refractivity contribution is -0.118. The van der Waals surface area contributed by atoms with Crippen LogP contribution in [0, 0.1) is 5.41 Å². The molecule has 1 amide bonds. The number of carbonyl (C=O) groups excluding carboxylic acids is 1. The number of carbonyl (C=O) groups is 1. The van der Waals surface area contributed by atoms with E-state index in [2.05, 4.69) is 91.0 Å². The lowest BCUT2D eigenvalue weighted by Gasteiger charge is -2.44. The maximum absolute atomic E-state index is 11.3. The summed E-state index contributed by atoms with van der Waals surface area (Å²) in [5, 5.41) is 4.17. The van der Waals surface area contributed by atoms with Gasteiger partial charge in [-0.1, -0.05) is 45.0 Å². The van der Waals surface area contributed by atoms with E-state index in [0.29, 0.717) is 6.54 Å². The summed E-state index contributed by atoms with van der Waals surface area (Å²) in [6.07, 6.45) is 6.80. The van der Waals surface area contributed by atoms with Crippen molar-refractivity contribution in [3.05, 3.63) is 41.6 Å². The van der Waals surface area contributed by atoms with Crippen LogP contribution in [0.1, 0.15) is 45.4 Å². The van der Waals surface area contributed by atoms with E-state index in [4.69, 9.17) is 0 Å². The third-order valence-corrected chi connectivity index (χ3v) is 9.08. The number of hydrogen-bond donors (Lipinski definition) is 2. The van der Waals surface area contributed by atoms with Crippen molar-refractivity contribution in [1.82, 2.24) is 10.3 Å². The Bertz CT molecular complexity index is 826. The second kappa shape index (κ2) is 8.36. The molecule has 27 heavy (non-hydrogen) atoms. The predicted molar refractivity (Wildman–Crippen MR) is 121 cm³/mol. The Hall–Kier alpha value is -1.33. The van der Waals surface area contributed by atoms with E-state index in [9.17, 15) is 4.79 Å². The van der Waals surface area contributed by atoms with Crippen molar-refractivity contribution in [3.63, 3.8) is 0 Å². The van der Waals surface area contributed by atoms with E-state index in [-0.39, 0.29) is 15.4 Å². The molecule has 0 aliphatic carbocycles. The van der Waals surface area contributed by atoms with Crippen LogP contribution >= 0.6 is 23.5 Å². The van der Waals surface area contributed by atoms with Crippen molar-refractivity contribution in [2.24, 2.45) is 5.41 Å². The first-order chi connectivity index (χ1) is 12.8. The zero-order valence-electron chi connectivity index (χ0n) is 16.7. The number of fused-ring (bicyclic) bond motifs is 1. The second-order valence-electron chi connectivity index (χ2n) is 8.10. The summed E-state index contributed by atoms with van der Waals surface area (Å²) in [5.41, 5.74) is 3.79. The van der Waals surface area contributed by atoms with Crippen LogP contribution in [0.3, 0.4) is 0 Å². The summed E-state index contributed by atoms with van der Waals surface area (Å²) >= 11 is 4.15. The van der Waals surface area contributed by atoms with Crippen LogP contribution in [-0.4, -0.2) is 33.0 Å². The largest absolute Gasteiger partial charge is 0.356 e. The number of benzene rings is 1. The Morgan fingerprint density at radius 2 is 1.96 bits per heavy atom. The van der Waals surface area contributed by atoms with Crippen LogP contribution < -0.4 is 5.32 Å². The molecule has 1 fully saturated rings. The van der Waals surface area contributed by atoms with E-state index in [1.54, 1.807) is 6.92 Å². The van der Waals surface area contributed by atoms with Crippen molar-refractivity contribution in [2.45, 2.75) is 44.6 Å². The highest BCUT2D eigenvalue weighted by Crippen LogP contribution is 2.54. The zero-order chi connectivity index (χ0) is 19.5. The fraction of sp³-hybridized carbons (Fsp3) is 0.500. The number of hydrogen-bond acceptors (Lipinski definition) is 3. The number of aromatic nitrogens is 1. The van der Waals surface area contributed by atoms with E-state index < -0.39 is 0 Å². The summed E-state index contributed by atoms with van der Waals surface area (Å²) in [5.74, 6) is 2.46. The third-order valence-electron chi connectivity index (χ3n) is 5.03. The lowest BCUT2D eigenvalue weighted by atomic mass is 9.90. The maximum atomic E-state index is 11.3. The Balaban J connectivity index is 1.95. The monoisotopic (exact) mass is 402 g/mol. The van der Waals surface area contributed by atoms with Gasteiger partial charge in [-0.2, -0.15) is 0 Å². The maximum Gasteiger partial charge on any atom is 0.216 e. The average Bonchev–Trinajstić information content (AvgIpc) is 2.97. The van der Waals surface area contributed by atoms with Gasteiger partial charge in [-0.05, 0) is 47.5 Å². The molecule has 5 heteroatoms. The van der Waals surface area contributed by atoms with Crippen molar-refractivity contribution in [2.75, 3.05) is 18.1 Å². The van der Waals surface area contributed by atoms with Gasteiger partial charge in [-0.15, -0.1) is 23.5 Å². The van der Waals surface area contributed by atoms with Crippen LogP contribution in [0.2, 0.25) is 0 Å². The number of thioether (sulfide) groups is 2. The van der Waals surface area contributed by atoms with Gasteiger partial charge in [0.25, 0.3) is 0 Å². The van der Waals surface area contributed by atoms with Gasteiger partial charge in [-0.3, -0.25) is 4.79 Å². The molecular formula is C22H30N2OS2. The molecule has 3 rings (SSSR count). The molecule has 0 unspecified atom stereocenters. The average molecular weight is 403 g/mol. The van der Waals surface area contributed by atoms with Gasteiger partial charge in [0, 0.05) is 30.1 Å². The van der Waals surface area contributed by atoms with Gasteiger partial charge in [0.05, 0.1) is 4.08 Å². The number of aromatic amines is 1. The van der Waals surface area contributed by atoms with Gasteiger partial charge in [0.2, 0.25) is 5.91 Å². The topological polar surface area (TPSA) is 44.9 Å². The van der Waals surface area contributed by atoms with Crippen molar-refractivity contribution >= 4 is 46.4 Å². The fourth-order valence-corrected chi connectivity index (χ4v) is 6.91. The summed E-state index contributed by atoms with van der Waals surface area (Å²) < 4.78 is 0.0947. The minimum atomic E-state index is 0.0219. The summed E-state index contributed by atoms with van der Waals surface area (Å²) in [6.45, 7) is 9.25. The van der Waals surface area contributed by atoms with E-state index >= 15 is 0 Å². The van der Waals surface area contributed by atoms with Crippen LogP contribution in [0.5, 0.6) is 0 Å². The molecule has 1 aliphatic heterocycles. The molecule has 0 bridgehead atoms. The number of rotatable bonds is 5. The predicted octanol–water partition coefficient (Wildman–Crippen LogP) is 5.47. The van der Waals surface area contributed by atoms with E-state index in [1.165, 1.54) is 28.9 Å². The summed E-state index contributed by atoms with van der Waals surface area (Å²) in [7, 11) is 0. The van der Waals surface area contributed by atoms with Gasteiger partial charge < -0.3 is 10.3 Å². The van der Waals surface area contributed by atoms with Gasteiger partial charge >= 0.3 is 0 Å². The first-order valence-electron chi connectivity index (χ1n) is 9.63. The molecule has 0 radical (unpaired) electrons. The Morgan fingerprint density at radius 1 is 1.26 bits per heavy atom. The second-order valence-corrected chi connectivity index (χ2v) is 11.0. The normalized spacial score (nSPS) is 17.5. The van der Waals surface area contributed by atoms with Crippen LogP contribution in [0.4, 0.5) is 0 Å². The molecule has 2 heterocycles. The van der Waals surface area contributed by atoms with Crippen molar-refractivity contribution < 1.29 is 4.79 Å². The number of H-pyrrole nitrogens is 1. The zero-order valence-corrected chi connectivity index (χ0v) is 18.4. The van der Waals surface area contributed by atoms with Crippen molar-refractivity contribution in [3.8, 4) is 0 Å². The number of para-hydroxylation sites is 1. The van der Waals surface area contributed by atoms with Crippen LogP contribution in [0.15, 0.2) is 30.3 Å². The standard InChI is InChI=1S/C22H30N2OS2/c1-16(25)23-13-11-18-17-8-5-6-9-19(17)24-20(18)10-12-22(21(2,3)4)26-14-7-15-27-22/h5-6,8-10,12,24H,7,11,13-15H2,1-4H3,(H,23,25)/b12-10+. The van der Waals surface area contributed by atoms with Gasteiger partial charge in [-0.25, -0.2) is 0 Å². The molecule has 1 saturated heterocycles. The van der Waals surface area contributed by atoms with E-state index in [0.717, 1.165) is 17.6 Å². The molecule has 2 N–H and O–H groups in total. The van der Waals surface area contributed by atoms with Gasteiger partial charge in [0.1, 0.15) is 0 Å². The first kappa shape index (κ1) is 20.4. The fourth-order valence-electron chi connectivity index (χ4n) is 3.52.